The zero-order valence-electron chi connectivity index (χ0n) is 18.3. The zero-order valence-corrected chi connectivity index (χ0v) is 18.3. The lowest BCUT2D eigenvalue weighted by atomic mass is 9.95. The molecule has 0 bridgehead atoms. The van der Waals surface area contributed by atoms with E-state index in [9.17, 15) is 14.7 Å². The van der Waals surface area contributed by atoms with E-state index in [1.165, 1.54) is 0 Å². The first-order valence-corrected chi connectivity index (χ1v) is 10.6. The van der Waals surface area contributed by atoms with Crippen molar-refractivity contribution in [1.82, 2.24) is 14.8 Å². The standard InChI is InChI=1S/C24H27N3O5/c1-16-15-18(3-4-19(16)31-2)22(28)20-21(17-5-7-25-8-6-17)27(24(30)23(20)29)10-9-26-11-13-32-14-12-26/h3-8,15,21,28H,9-14H2,1-2H3. The number of Topliss-reactive ketones (excluding diaryl/α,β-unsaturated/α-hetero) is 1. The number of morpholine rings is 1. The Morgan fingerprint density at radius 3 is 2.53 bits per heavy atom. The fourth-order valence-corrected chi connectivity index (χ4v) is 4.26. The van der Waals surface area contributed by atoms with Gasteiger partial charge in [0.05, 0.1) is 31.9 Å². The highest BCUT2D eigenvalue weighted by Gasteiger charge is 2.46. The average molecular weight is 437 g/mol. The summed E-state index contributed by atoms with van der Waals surface area (Å²) < 4.78 is 10.7. The number of amides is 1. The molecule has 0 aliphatic carbocycles. The molecule has 4 rings (SSSR count). The molecule has 1 aromatic heterocycles. The molecule has 3 heterocycles. The number of pyridine rings is 1. The number of rotatable bonds is 6. The smallest absolute Gasteiger partial charge is 0.295 e. The number of aliphatic hydroxyl groups excluding tert-OH is 1. The van der Waals surface area contributed by atoms with Gasteiger partial charge < -0.3 is 19.5 Å². The minimum Gasteiger partial charge on any atom is -0.507 e. The molecule has 1 aromatic carbocycles. The Morgan fingerprint density at radius 2 is 1.88 bits per heavy atom. The molecule has 168 valence electrons. The second-order valence-corrected chi connectivity index (χ2v) is 7.91. The van der Waals surface area contributed by atoms with Crippen LogP contribution in [0.1, 0.15) is 22.7 Å². The molecule has 32 heavy (non-hydrogen) atoms. The normalized spacial score (nSPS) is 21.2. The lowest BCUT2D eigenvalue weighted by molar-refractivity contribution is -0.140. The van der Waals surface area contributed by atoms with E-state index in [1.54, 1.807) is 54.7 Å². The molecule has 0 saturated carbocycles. The summed E-state index contributed by atoms with van der Waals surface area (Å²) in [7, 11) is 1.57. The fraction of sp³-hybridized carbons (Fsp3) is 0.375. The maximum Gasteiger partial charge on any atom is 0.295 e. The molecule has 8 heteroatoms. The van der Waals surface area contributed by atoms with Gasteiger partial charge in [-0.3, -0.25) is 19.5 Å². The highest BCUT2D eigenvalue weighted by Crippen LogP contribution is 2.39. The summed E-state index contributed by atoms with van der Waals surface area (Å²) in [6.07, 6.45) is 3.24. The van der Waals surface area contributed by atoms with E-state index in [-0.39, 0.29) is 11.3 Å². The van der Waals surface area contributed by atoms with E-state index < -0.39 is 17.7 Å². The third-order valence-electron chi connectivity index (χ3n) is 5.99. The molecule has 1 N–H and O–H groups in total. The lowest BCUT2D eigenvalue weighted by Crippen LogP contribution is -2.42. The minimum absolute atomic E-state index is 0.0905. The van der Waals surface area contributed by atoms with Gasteiger partial charge in [-0.15, -0.1) is 0 Å². The van der Waals surface area contributed by atoms with Crippen LogP contribution in [0.25, 0.3) is 5.76 Å². The molecule has 2 fully saturated rings. The Morgan fingerprint density at radius 1 is 1.16 bits per heavy atom. The lowest BCUT2D eigenvalue weighted by Gasteiger charge is -2.31. The first-order valence-electron chi connectivity index (χ1n) is 10.6. The van der Waals surface area contributed by atoms with Crippen LogP contribution in [0.3, 0.4) is 0 Å². The Labute approximate surface area is 187 Å². The molecule has 2 aliphatic heterocycles. The van der Waals surface area contributed by atoms with Gasteiger partial charge in [-0.2, -0.15) is 0 Å². The number of aliphatic hydroxyl groups is 1. The molecular weight excluding hydrogens is 410 g/mol. The highest BCUT2D eigenvalue weighted by molar-refractivity contribution is 6.46. The molecule has 0 radical (unpaired) electrons. The number of aryl methyl sites for hydroxylation is 1. The maximum atomic E-state index is 13.1. The van der Waals surface area contributed by atoms with Gasteiger partial charge in [0.1, 0.15) is 11.5 Å². The first-order chi connectivity index (χ1) is 15.5. The number of aromatic nitrogens is 1. The van der Waals surface area contributed by atoms with Crippen LogP contribution in [-0.4, -0.2) is 78.1 Å². The van der Waals surface area contributed by atoms with Crippen LogP contribution in [0, 0.1) is 6.92 Å². The van der Waals surface area contributed by atoms with Crippen molar-refractivity contribution in [3.63, 3.8) is 0 Å². The molecule has 8 nitrogen and oxygen atoms in total. The maximum absolute atomic E-state index is 13.1. The van der Waals surface area contributed by atoms with Gasteiger partial charge in [-0.1, -0.05) is 0 Å². The number of carbonyl (C=O) groups excluding carboxylic acids is 2. The number of ketones is 1. The van der Waals surface area contributed by atoms with Crippen LogP contribution in [-0.2, 0) is 14.3 Å². The van der Waals surface area contributed by atoms with E-state index in [0.717, 1.165) is 24.2 Å². The third-order valence-corrected chi connectivity index (χ3v) is 5.99. The summed E-state index contributed by atoms with van der Waals surface area (Å²) in [6, 6.07) is 8.03. The summed E-state index contributed by atoms with van der Waals surface area (Å²) in [6.45, 7) is 5.74. The molecule has 1 amide bonds. The SMILES string of the molecule is COc1ccc(C(O)=C2C(=O)C(=O)N(CCN3CCOCC3)C2c2ccncc2)cc1C. The monoisotopic (exact) mass is 437 g/mol. The molecule has 1 atom stereocenters. The van der Waals surface area contributed by atoms with Crippen molar-refractivity contribution in [3.05, 3.63) is 65.0 Å². The van der Waals surface area contributed by atoms with Gasteiger partial charge in [0, 0.05) is 44.1 Å². The fourth-order valence-electron chi connectivity index (χ4n) is 4.26. The third kappa shape index (κ3) is 4.24. The van der Waals surface area contributed by atoms with Crippen molar-refractivity contribution in [2.24, 2.45) is 0 Å². The Bertz CT molecular complexity index is 1030. The molecule has 2 aromatic rings. The summed E-state index contributed by atoms with van der Waals surface area (Å²) in [5, 5.41) is 11.2. The van der Waals surface area contributed by atoms with Crippen LogP contribution in [0.15, 0.2) is 48.3 Å². The Hall–Kier alpha value is -3.23. The topological polar surface area (TPSA) is 92.2 Å². The second-order valence-electron chi connectivity index (χ2n) is 7.91. The Balaban J connectivity index is 1.72. The number of hydrogen-bond donors (Lipinski definition) is 1. The van der Waals surface area contributed by atoms with Crippen molar-refractivity contribution in [1.29, 1.82) is 0 Å². The largest absolute Gasteiger partial charge is 0.507 e. The molecule has 2 aliphatic rings. The quantitative estimate of drug-likeness (QED) is 0.421. The number of benzene rings is 1. The van der Waals surface area contributed by atoms with Crippen molar-refractivity contribution >= 4 is 17.4 Å². The van der Waals surface area contributed by atoms with Crippen LogP contribution < -0.4 is 4.74 Å². The van der Waals surface area contributed by atoms with E-state index >= 15 is 0 Å². The number of ether oxygens (including phenoxy) is 2. The van der Waals surface area contributed by atoms with Crippen molar-refractivity contribution in [2.45, 2.75) is 13.0 Å². The molecule has 2 saturated heterocycles. The van der Waals surface area contributed by atoms with E-state index in [2.05, 4.69) is 9.88 Å². The molecule has 0 spiro atoms. The summed E-state index contributed by atoms with van der Waals surface area (Å²) in [5.74, 6) is -0.797. The van der Waals surface area contributed by atoms with Crippen molar-refractivity contribution in [2.75, 3.05) is 46.5 Å². The predicted octanol–water partition coefficient (Wildman–Crippen LogP) is 2.15. The van der Waals surface area contributed by atoms with Gasteiger partial charge >= 0.3 is 0 Å². The first kappa shape index (κ1) is 22.0. The number of carbonyl (C=O) groups is 2. The van der Waals surface area contributed by atoms with Crippen molar-refractivity contribution in [3.8, 4) is 5.75 Å². The van der Waals surface area contributed by atoms with E-state index in [0.29, 0.717) is 37.6 Å². The highest BCUT2D eigenvalue weighted by atomic mass is 16.5. The zero-order chi connectivity index (χ0) is 22.7. The van der Waals surface area contributed by atoms with Gasteiger partial charge in [0.2, 0.25) is 0 Å². The Kier molecular flexibility index (Phi) is 6.53. The number of likely N-dealkylation sites (tertiary alicyclic amines) is 1. The van der Waals surface area contributed by atoms with Gasteiger partial charge in [0.15, 0.2) is 0 Å². The minimum atomic E-state index is -0.681. The predicted molar refractivity (Wildman–Crippen MR) is 118 cm³/mol. The van der Waals surface area contributed by atoms with E-state index in [1.807, 2.05) is 6.92 Å². The summed E-state index contributed by atoms with van der Waals surface area (Å²) >= 11 is 0. The summed E-state index contributed by atoms with van der Waals surface area (Å²) in [4.78, 5) is 33.9. The average Bonchev–Trinajstić information content (AvgIpc) is 3.08. The molecular formula is C24H27N3O5. The van der Waals surface area contributed by atoms with Gasteiger partial charge in [0.25, 0.3) is 11.7 Å². The van der Waals surface area contributed by atoms with Crippen molar-refractivity contribution < 1.29 is 24.2 Å². The molecule has 1 unspecified atom stereocenters. The van der Waals surface area contributed by atoms with Crippen LogP contribution in [0.2, 0.25) is 0 Å². The second kappa shape index (κ2) is 9.50. The van der Waals surface area contributed by atoms with Crippen LogP contribution in [0.5, 0.6) is 5.75 Å². The van der Waals surface area contributed by atoms with E-state index in [4.69, 9.17) is 9.47 Å². The van der Waals surface area contributed by atoms with Crippen LogP contribution >= 0.6 is 0 Å². The number of hydrogen-bond acceptors (Lipinski definition) is 7. The van der Waals surface area contributed by atoms with Gasteiger partial charge in [-0.25, -0.2) is 0 Å². The number of methoxy groups -OCH3 is 1. The summed E-state index contributed by atoms with van der Waals surface area (Å²) in [5.41, 5.74) is 2.10. The van der Waals surface area contributed by atoms with Gasteiger partial charge in [-0.05, 0) is 48.4 Å². The van der Waals surface area contributed by atoms with Crippen LogP contribution in [0.4, 0.5) is 0 Å². The number of nitrogens with zero attached hydrogens (tertiary/aromatic N) is 3.